The number of rotatable bonds is 4. The maximum absolute atomic E-state index is 5.69. The van der Waals surface area contributed by atoms with Gasteiger partial charge in [-0.25, -0.2) is 4.98 Å². The molecule has 3 nitrogen and oxygen atoms in total. The number of thiazole rings is 1. The van der Waals surface area contributed by atoms with Crippen LogP contribution in [0.5, 0.6) is 5.75 Å². The molecule has 1 heterocycles. The molecule has 2 rings (SSSR count). The van der Waals surface area contributed by atoms with Crippen LogP contribution in [0, 0.1) is 13.8 Å². The van der Waals surface area contributed by atoms with Crippen molar-refractivity contribution in [2.24, 2.45) is 5.73 Å². The van der Waals surface area contributed by atoms with Gasteiger partial charge in [-0.05, 0) is 37.1 Å². The fourth-order valence-electron chi connectivity index (χ4n) is 2.02. The first-order valence-electron chi connectivity index (χ1n) is 6.38. The van der Waals surface area contributed by atoms with Gasteiger partial charge in [0, 0.05) is 23.4 Å². The third kappa shape index (κ3) is 2.80. The number of aryl methyl sites for hydroxylation is 2. The van der Waals surface area contributed by atoms with Crippen LogP contribution in [0.2, 0.25) is 0 Å². The highest BCUT2D eigenvalue weighted by Crippen LogP contribution is 2.32. The highest BCUT2D eigenvalue weighted by molar-refractivity contribution is 7.10. The summed E-state index contributed by atoms with van der Waals surface area (Å²) in [5.41, 5.74) is 10.2. The highest BCUT2D eigenvalue weighted by atomic mass is 32.1. The third-order valence-corrected chi connectivity index (χ3v) is 4.39. The molecule has 1 aromatic heterocycles. The molecule has 0 saturated heterocycles. The minimum atomic E-state index is 0.318. The van der Waals surface area contributed by atoms with E-state index in [1.165, 1.54) is 11.1 Å². The summed E-state index contributed by atoms with van der Waals surface area (Å²) in [7, 11) is 1.70. The Morgan fingerprint density at radius 1 is 1.32 bits per heavy atom. The molecule has 0 aliphatic rings. The zero-order valence-electron chi connectivity index (χ0n) is 11.9. The van der Waals surface area contributed by atoms with Crippen molar-refractivity contribution in [2.75, 3.05) is 13.7 Å². The summed E-state index contributed by atoms with van der Waals surface area (Å²) in [4.78, 5) is 4.71. The Balaban J connectivity index is 2.42. The minimum Gasteiger partial charge on any atom is -0.496 e. The Morgan fingerprint density at radius 2 is 2.05 bits per heavy atom. The Labute approximate surface area is 118 Å². The van der Waals surface area contributed by atoms with E-state index in [0.717, 1.165) is 22.0 Å². The van der Waals surface area contributed by atoms with Crippen LogP contribution in [0.15, 0.2) is 17.5 Å². The first kappa shape index (κ1) is 14.0. The fourth-order valence-corrected chi connectivity index (χ4v) is 2.92. The summed E-state index contributed by atoms with van der Waals surface area (Å²) in [6.07, 6.45) is 0. The van der Waals surface area contributed by atoms with Gasteiger partial charge in [0.15, 0.2) is 0 Å². The number of ether oxygens (including phenoxy) is 1. The summed E-state index contributed by atoms with van der Waals surface area (Å²) >= 11 is 1.68. The monoisotopic (exact) mass is 276 g/mol. The minimum absolute atomic E-state index is 0.318. The van der Waals surface area contributed by atoms with Crippen molar-refractivity contribution in [2.45, 2.75) is 26.7 Å². The van der Waals surface area contributed by atoms with E-state index in [1.54, 1.807) is 18.4 Å². The van der Waals surface area contributed by atoms with E-state index in [1.807, 2.05) is 0 Å². The number of nitrogens with zero attached hydrogens (tertiary/aromatic N) is 1. The predicted molar refractivity (Wildman–Crippen MR) is 81.0 cm³/mol. The molecule has 19 heavy (non-hydrogen) atoms. The normalized spacial score (nSPS) is 12.5. The Kier molecular flexibility index (Phi) is 4.22. The van der Waals surface area contributed by atoms with Crippen LogP contribution >= 0.6 is 11.3 Å². The van der Waals surface area contributed by atoms with Crippen molar-refractivity contribution in [3.05, 3.63) is 33.6 Å². The lowest BCUT2D eigenvalue weighted by Crippen LogP contribution is -2.08. The van der Waals surface area contributed by atoms with Crippen LogP contribution in [0.3, 0.4) is 0 Å². The molecule has 0 aliphatic carbocycles. The van der Waals surface area contributed by atoms with Crippen LogP contribution in [0.25, 0.3) is 11.3 Å². The summed E-state index contributed by atoms with van der Waals surface area (Å²) < 4.78 is 5.34. The standard InChI is InChI=1S/C15H20N2OS/c1-9-6-14(18-4)10(2)5-12(9)13-8-19-15(17-13)11(3)7-16/h5-6,8,11H,7,16H2,1-4H3. The van der Waals surface area contributed by atoms with Gasteiger partial charge < -0.3 is 10.5 Å². The molecular formula is C15H20N2OS. The number of aromatic nitrogens is 1. The van der Waals surface area contributed by atoms with E-state index < -0.39 is 0 Å². The average Bonchev–Trinajstić information content (AvgIpc) is 2.89. The molecular weight excluding hydrogens is 256 g/mol. The molecule has 1 unspecified atom stereocenters. The first-order valence-corrected chi connectivity index (χ1v) is 7.25. The summed E-state index contributed by atoms with van der Waals surface area (Å²) in [5, 5.41) is 3.21. The second-order valence-electron chi connectivity index (χ2n) is 4.84. The molecule has 4 heteroatoms. The second kappa shape index (κ2) is 5.72. The van der Waals surface area contributed by atoms with Crippen LogP contribution in [0.1, 0.15) is 29.0 Å². The molecule has 2 aromatic rings. The van der Waals surface area contributed by atoms with Gasteiger partial charge in [0.05, 0.1) is 17.8 Å². The zero-order chi connectivity index (χ0) is 14.0. The average molecular weight is 276 g/mol. The molecule has 0 aliphatic heterocycles. The van der Waals surface area contributed by atoms with Crippen LogP contribution < -0.4 is 10.5 Å². The van der Waals surface area contributed by atoms with Crippen LogP contribution in [-0.2, 0) is 0 Å². The van der Waals surface area contributed by atoms with E-state index in [4.69, 9.17) is 15.5 Å². The van der Waals surface area contributed by atoms with Crippen molar-refractivity contribution < 1.29 is 4.74 Å². The van der Waals surface area contributed by atoms with E-state index in [-0.39, 0.29) is 0 Å². The zero-order valence-corrected chi connectivity index (χ0v) is 12.7. The molecule has 102 valence electrons. The molecule has 0 spiro atoms. The van der Waals surface area contributed by atoms with Crippen molar-refractivity contribution in [3.63, 3.8) is 0 Å². The number of hydrogen-bond donors (Lipinski definition) is 1. The van der Waals surface area contributed by atoms with Gasteiger partial charge in [-0.3, -0.25) is 0 Å². The second-order valence-corrected chi connectivity index (χ2v) is 5.73. The van der Waals surface area contributed by atoms with Gasteiger partial charge >= 0.3 is 0 Å². The smallest absolute Gasteiger partial charge is 0.122 e. The van der Waals surface area contributed by atoms with E-state index >= 15 is 0 Å². The number of methoxy groups -OCH3 is 1. The molecule has 0 radical (unpaired) electrons. The van der Waals surface area contributed by atoms with Gasteiger partial charge in [0.2, 0.25) is 0 Å². The van der Waals surface area contributed by atoms with Gasteiger partial charge in [0.25, 0.3) is 0 Å². The third-order valence-electron chi connectivity index (χ3n) is 3.31. The van der Waals surface area contributed by atoms with Gasteiger partial charge in [-0.2, -0.15) is 0 Å². The Hall–Kier alpha value is -1.39. The van der Waals surface area contributed by atoms with Crippen molar-refractivity contribution in [1.29, 1.82) is 0 Å². The topological polar surface area (TPSA) is 48.1 Å². The number of benzene rings is 1. The van der Waals surface area contributed by atoms with Gasteiger partial charge in [-0.15, -0.1) is 11.3 Å². The molecule has 2 N–H and O–H groups in total. The van der Waals surface area contributed by atoms with Gasteiger partial charge in [-0.1, -0.05) is 6.92 Å². The van der Waals surface area contributed by atoms with E-state index in [9.17, 15) is 0 Å². The van der Waals surface area contributed by atoms with Crippen molar-refractivity contribution in [1.82, 2.24) is 4.98 Å². The molecule has 0 bridgehead atoms. The van der Waals surface area contributed by atoms with Gasteiger partial charge in [0.1, 0.15) is 5.75 Å². The highest BCUT2D eigenvalue weighted by Gasteiger charge is 2.13. The summed E-state index contributed by atoms with van der Waals surface area (Å²) in [5.74, 6) is 1.24. The summed E-state index contributed by atoms with van der Waals surface area (Å²) in [6, 6.07) is 4.20. The lowest BCUT2D eigenvalue weighted by atomic mass is 10.0. The number of hydrogen-bond acceptors (Lipinski definition) is 4. The van der Waals surface area contributed by atoms with E-state index in [0.29, 0.717) is 12.5 Å². The lowest BCUT2D eigenvalue weighted by Gasteiger charge is -2.10. The SMILES string of the molecule is COc1cc(C)c(-c2csc(C(C)CN)n2)cc1C. The van der Waals surface area contributed by atoms with Crippen molar-refractivity contribution in [3.8, 4) is 17.0 Å². The molecule has 0 saturated carbocycles. The molecule has 0 fully saturated rings. The van der Waals surface area contributed by atoms with Crippen LogP contribution in [-0.4, -0.2) is 18.6 Å². The molecule has 1 atom stereocenters. The quantitative estimate of drug-likeness (QED) is 0.929. The van der Waals surface area contributed by atoms with E-state index in [2.05, 4.69) is 38.3 Å². The Bertz CT molecular complexity index is 578. The van der Waals surface area contributed by atoms with Crippen LogP contribution in [0.4, 0.5) is 0 Å². The Morgan fingerprint density at radius 3 is 2.68 bits per heavy atom. The summed E-state index contributed by atoms with van der Waals surface area (Å²) in [6.45, 7) is 6.88. The largest absolute Gasteiger partial charge is 0.496 e. The lowest BCUT2D eigenvalue weighted by molar-refractivity contribution is 0.411. The maximum Gasteiger partial charge on any atom is 0.122 e. The predicted octanol–water partition coefficient (Wildman–Crippen LogP) is 3.50. The van der Waals surface area contributed by atoms with Crippen molar-refractivity contribution >= 4 is 11.3 Å². The number of nitrogens with two attached hydrogens (primary N) is 1. The fraction of sp³-hybridized carbons (Fsp3) is 0.400. The maximum atomic E-state index is 5.69. The molecule has 1 aromatic carbocycles. The molecule has 0 amide bonds. The first-order chi connectivity index (χ1) is 9.06.